The minimum atomic E-state index is -0.714. The van der Waals surface area contributed by atoms with Crippen LogP contribution in [-0.2, 0) is 0 Å². The molecule has 0 amide bonds. The van der Waals surface area contributed by atoms with Crippen LogP contribution in [0.3, 0.4) is 0 Å². The van der Waals surface area contributed by atoms with Crippen LogP contribution in [0.2, 0.25) is 0 Å². The second kappa shape index (κ2) is 4.69. The molecule has 3 aromatic rings. The lowest BCUT2D eigenvalue weighted by atomic mass is 10.2. The Morgan fingerprint density at radius 1 is 1.00 bits per heavy atom. The molecular weight excluding hydrogens is 266 g/mol. The van der Waals surface area contributed by atoms with Gasteiger partial charge in [0.15, 0.2) is 0 Å². The van der Waals surface area contributed by atoms with E-state index in [-0.39, 0.29) is 17.3 Å². The van der Waals surface area contributed by atoms with Crippen LogP contribution in [0.4, 0.5) is 14.6 Å². The Bertz CT molecular complexity index is 752. The summed E-state index contributed by atoms with van der Waals surface area (Å²) in [5, 5.41) is 3.67. The molecule has 0 aliphatic rings. The highest BCUT2D eigenvalue weighted by molar-refractivity contribution is 5.58. The average Bonchev–Trinajstić information content (AvgIpc) is 2.87. The molecule has 0 saturated carbocycles. The van der Waals surface area contributed by atoms with Crippen LogP contribution < -0.4 is 5.73 Å². The van der Waals surface area contributed by atoms with Crippen molar-refractivity contribution in [2.45, 2.75) is 0 Å². The molecule has 0 fully saturated rings. The summed E-state index contributed by atoms with van der Waals surface area (Å²) in [5.74, 6) is -0.930. The number of nitrogen functional groups attached to an aromatic ring is 1. The number of aromatic nitrogens is 3. The second-order valence-corrected chi connectivity index (χ2v) is 4.03. The van der Waals surface area contributed by atoms with Crippen molar-refractivity contribution in [2.24, 2.45) is 0 Å². The fourth-order valence-electron chi connectivity index (χ4n) is 1.70. The second-order valence-electron chi connectivity index (χ2n) is 4.03. The molecule has 0 spiro atoms. The molecule has 0 atom stereocenters. The van der Waals surface area contributed by atoms with E-state index in [9.17, 15) is 8.78 Å². The van der Waals surface area contributed by atoms with Gasteiger partial charge in [0, 0.05) is 11.6 Å². The van der Waals surface area contributed by atoms with Crippen LogP contribution in [0.15, 0.2) is 40.9 Å². The van der Waals surface area contributed by atoms with Crippen LogP contribution in [0, 0.1) is 11.6 Å². The van der Waals surface area contributed by atoms with Gasteiger partial charge in [-0.2, -0.15) is 4.98 Å². The Hall–Kier alpha value is -2.83. The van der Waals surface area contributed by atoms with Gasteiger partial charge in [-0.15, -0.1) is 0 Å². The first-order valence-electron chi connectivity index (χ1n) is 5.65. The molecule has 3 rings (SSSR count). The van der Waals surface area contributed by atoms with Crippen molar-refractivity contribution in [3.8, 4) is 23.0 Å². The zero-order valence-electron chi connectivity index (χ0n) is 10.0. The third-order valence-corrected chi connectivity index (χ3v) is 2.54. The van der Waals surface area contributed by atoms with Crippen molar-refractivity contribution < 1.29 is 13.3 Å². The number of nitrogens with zero attached hydrogens (tertiary/aromatic N) is 3. The van der Waals surface area contributed by atoms with E-state index in [1.165, 1.54) is 0 Å². The predicted molar refractivity (Wildman–Crippen MR) is 67.3 cm³/mol. The van der Waals surface area contributed by atoms with Gasteiger partial charge in [-0.25, -0.2) is 13.8 Å². The fourth-order valence-corrected chi connectivity index (χ4v) is 1.70. The van der Waals surface area contributed by atoms with Gasteiger partial charge in [0.2, 0.25) is 5.82 Å². The highest BCUT2D eigenvalue weighted by atomic mass is 19.1. The van der Waals surface area contributed by atoms with Crippen LogP contribution in [0.1, 0.15) is 0 Å². The van der Waals surface area contributed by atoms with E-state index in [0.29, 0.717) is 11.5 Å². The van der Waals surface area contributed by atoms with E-state index in [0.717, 1.165) is 18.2 Å². The lowest BCUT2D eigenvalue weighted by Crippen LogP contribution is -1.91. The Labute approximate surface area is 112 Å². The van der Waals surface area contributed by atoms with Gasteiger partial charge in [-0.05, 0) is 24.3 Å². The van der Waals surface area contributed by atoms with Gasteiger partial charge >= 0.3 is 0 Å². The molecule has 20 heavy (non-hydrogen) atoms. The van der Waals surface area contributed by atoms with Gasteiger partial charge in [0.1, 0.15) is 23.1 Å². The average molecular weight is 274 g/mol. The largest absolute Gasteiger partial charge is 0.384 e. The monoisotopic (exact) mass is 274 g/mol. The molecule has 0 saturated heterocycles. The molecular formula is C13H8F2N4O. The zero-order chi connectivity index (χ0) is 14.1. The lowest BCUT2D eigenvalue weighted by molar-refractivity contribution is 0.431. The Balaban J connectivity index is 2.02. The van der Waals surface area contributed by atoms with Gasteiger partial charge < -0.3 is 10.3 Å². The Morgan fingerprint density at radius 2 is 1.75 bits per heavy atom. The summed E-state index contributed by atoms with van der Waals surface area (Å²) >= 11 is 0. The number of pyridine rings is 1. The number of hydrogen-bond donors (Lipinski definition) is 1. The molecule has 2 aromatic heterocycles. The van der Waals surface area contributed by atoms with Crippen molar-refractivity contribution in [3.63, 3.8) is 0 Å². The zero-order valence-corrected chi connectivity index (χ0v) is 10.0. The standard InChI is InChI=1S/C13H8F2N4O/c14-8-4-7(5-9(15)6-8)12-18-13(20-19-12)10-2-1-3-11(16)17-10/h1-6H,(H2,16,17). The van der Waals surface area contributed by atoms with E-state index in [1.54, 1.807) is 18.2 Å². The topological polar surface area (TPSA) is 77.8 Å². The smallest absolute Gasteiger partial charge is 0.276 e. The highest BCUT2D eigenvalue weighted by Gasteiger charge is 2.13. The quantitative estimate of drug-likeness (QED) is 0.777. The van der Waals surface area contributed by atoms with Crippen molar-refractivity contribution >= 4 is 5.82 Å². The number of hydrogen-bond acceptors (Lipinski definition) is 5. The van der Waals surface area contributed by atoms with Crippen molar-refractivity contribution in [3.05, 3.63) is 48.0 Å². The van der Waals surface area contributed by atoms with Crippen molar-refractivity contribution in [2.75, 3.05) is 5.73 Å². The van der Waals surface area contributed by atoms with E-state index >= 15 is 0 Å². The lowest BCUT2D eigenvalue weighted by Gasteiger charge is -1.96. The van der Waals surface area contributed by atoms with Crippen LogP contribution in [0.25, 0.3) is 23.0 Å². The summed E-state index contributed by atoms with van der Waals surface area (Å²) in [6.45, 7) is 0. The molecule has 0 radical (unpaired) electrons. The van der Waals surface area contributed by atoms with E-state index in [4.69, 9.17) is 10.3 Å². The Kier molecular flexibility index (Phi) is 2.86. The third kappa shape index (κ3) is 2.33. The first-order chi connectivity index (χ1) is 9.61. The SMILES string of the molecule is Nc1cccc(-c2nc(-c3cc(F)cc(F)c3)no2)n1. The fraction of sp³-hybridized carbons (Fsp3) is 0. The predicted octanol–water partition coefficient (Wildman–Crippen LogP) is 2.66. The summed E-state index contributed by atoms with van der Waals surface area (Å²) in [6.07, 6.45) is 0. The van der Waals surface area contributed by atoms with Crippen molar-refractivity contribution in [1.82, 2.24) is 15.1 Å². The first-order valence-corrected chi connectivity index (χ1v) is 5.65. The van der Waals surface area contributed by atoms with Crippen LogP contribution in [-0.4, -0.2) is 15.1 Å². The minimum Gasteiger partial charge on any atom is -0.384 e. The maximum Gasteiger partial charge on any atom is 0.276 e. The summed E-state index contributed by atoms with van der Waals surface area (Å²) in [7, 11) is 0. The molecule has 1 aromatic carbocycles. The number of nitrogens with two attached hydrogens (primary N) is 1. The molecule has 7 heteroatoms. The molecule has 2 heterocycles. The molecule has 0 aliphatic heterocycles. The van der Waals surface area contributed by atoms with E-state index in [1.807, 2.05) is 0 Å². The summed E-state index contributed by atoms with van der Waals surface area (Å²) in [4.78, 5) is 8.06. The molecule has 0 bridgehead atoms. The summed E-state index contributed by atoms with van der Waals surface area (Å²) < 4.78 is 31.3. The summed E-state index contributed by atoms with van der Waals surface area (Å²) in [5.41, 5.74) is 6.12. The molecule has 2 N–H and O–H groups in total. The van der Waals surface area contributed by atoms with Gasteiger partial charge in [-0.3, -0.25) is 0 Å². The van der Waals surface area contributed by atoms with Gasteiger partial charge in [0.05, 0.1) is 0 Å². The van der Waals surface area contributed by atoms with E-state index < -0.39 is 11.6 Å². The molecule has 0 unspecified atom stereocenters. The highest BCUT2D eigenvalue weighted by Crippen LogP contribution is 2.22. The third-order valence-electron chi connectivity index (χ3n) is 2.54. The summed E-state index contributed by atoms with van der Waals surface area (Å²) in [6, 6.07) is 7.94. The minimum absolute atomic E-state index is 0.0719. The first kappa shape index (κ1) is 12.2. The van der Waals surface area contributed by atoms with Crippen LogP contribution in [0.5, 0.6) is 0 Å². The Morgan fingerprint density at radius 3 is 2.45 bits per heavy atom. The molecule has 0 aliphatic carbocycles. The maximum absolute atomic E-state index is 13.1. The number of anilines is 1. The van der Waals surface area contributed by atoms with E-state index in [2.05, 4.69) is 15.1 Å². The number of halogens is 2. The van der Waals surface area contributed by atoms with Crippen LogP contribution >= 0.6 is 0 Å². The maximum atomic E-state index is 13.1. The number of benzene rings is 1. The van der Waals surface area contributed by atoms with Crippen molar-refractivity contribution in [1.29, 1.82) is 0 Å². The van der Waals surface area contributed by atoms with Gasteiger partial charge in [0.25, 0.3) is 5.89 Å². The molecule has 5 nitrogen and oxygen atoms in total. The normalized spacial score (nSPS) is 10.7. The van der Waals surface area contributed by atoms with Gasteiger partial charge in [-0.1, -0.05) is 11.2 Å². The molecule has 100 valence electrons. The number of rotatable bonds is 2.